The molecule has 0 radical (unpaired) electrons. The number of fused-ring (bicyclic) bond motifs is 1. The molecule has 0 fully saturated rings. The van der Waals surface area contributed by atoms with Crippen molar-refractivity contribution in [3.05, 3.63) is 47.3 Å². The Hall–Kier alpha value is -1.71. The molecule has 0 aliphatic heterocycles. The lowest BCUT2D eigenvalue weighted by Crippen LogP contribution is -2.26. The molecule has 0 spiro atoms. The molecule has 4 heteroatoms. The first kappa shape index (κ1) is 7.91. The number of benzene rings is 1. The number of nitrogens with zero attached hydrogens (tertiary/aromatic N) is 1. The summed E-state index contributed by atoms with van der Waals surface area (Å²) in [4.78, 5) is 0. The Morgan fingerprint density at radius 1 is 1.23 bits per heavy atom. The molecule has 0 saturated heterocycles. The summed E-state index contributed by atoms with van der Waals surface area (Å²) in [6.07, 6.45) is 1.20. The molecule has 13 heavy (non-hydrogen) atoms. The van der Waals surface area contributed by atoms with E-state index < -0.39 is 11.6 Å². The van der Waals surface area contributed by atoms with Crippen molar-refractivity contribution < 1.29 is 13.5 Å². The lowest BCUT2D eigenvalue weighted by Gasteiger charge is -2.01. The van der Waals surface area contributed by atoms with Gasteiger partial charge in [-0.3, -0.25) is 0 Å². The van der Waals surface area contributed by atoms with Gasteiger partial charge in [0.2, 0.25) is 5.52 Å². The fourth-order valence-corrected chi connectivity index (χ4v) is 1.22. The molecule has 0 bridgehead atoms. The minimum absolute atomic E-state index is 0.000000000000000444. The molecule has 0 saturated carbocycles. The van der Waals surface area contributed by atoms with E-state index in [0.29, 0.717) is 4.73 Å². The van der Waals surface area contributed by atoms with E-state index in [0.717, 1.165) is 12.1 Å². The standard InChI is InChI=1S/C9H5F2NO/c10-6-4-8(11)7-2-1-3-12(13)9(7)5-6/h1-5H. The van der Waals surface area contributed by atoms with Gasteiger partial charge in [-0.15, -0.1) is 0 Å². The molecular weight excluding hydrogens is 176 g/mol. The Morgan fingerprint density at radius 3 is 2.77 bits per heavy atom. The number of hydrogen-bond acceptors (Lipinski definition) is 1. The van der Waals surface area contributed by atoms with Crippen LogP contribution >= 0.6 is 0 Å². The first-order valence-corrected chi connectivity index (χ1v) is 3.65. The molecule has 2 nitrogen and oxygen atoms in total. The van der Waals surface area contributed by atoms with Crippen LogP contribution in [0.1, 0.15) is 0 Å². The highest BCUT2D eigenvalue weighted by Crippen LogP contribution is 2.15. The topological polar surface area (TPSA) is 26.9 Å². The number of halogens is 2. The summed E-state index contributed by atoms with van der Waals surface area (Å²) in [6, 6.07) is 4.60. The Labute approximate surface area is 72.6 Å². The lowest BCUT2D eigenvalue weighted by atomic mass is 10.2. The fraction of sp³-hybridized carbons (Fsp3) is 0. The molecule has 0 amide bonds. The van der Waals surface area contributed by atoms with E-state index in [1.54, 1.807) is 0 Å². The van der Waals surface area contributed by atoms with E-state index in [1.165, 1.54) is 18.3 Å². The highest BCUT2D eigenvalue weighted by molar-refractivity contribution is 5.76. The van der Waals surface area contributed by atoms with Crippen molar-refractivity contribution in [1.29, 1.82) is 0 Å². The Balaban J connectivity index is 2.94. The normalized spacial score (nSPS) is 10.6. The smallest absolute Gasteiger partial charge is 0.229 e. The van der Waals surface area contributed by atoms with Gasteiger partial charge in [0, 0.05) is 18.2 Å². The molecule has 0 N–H and O–H groups in total. The van der Waals surface area contributed by atoms with E-state index in [-0.39, 0.29) is 10.9 Å². The summed E-state index contributed by atoms with van der Waals surface area (Å²) >= 11 is 0. The molecule has 0 aliphatic carbocycles. The van der Waals surface area contributed by atoms with E-state index in [2.05, 4.69) is 0 Å². The van der Waals surface area contributed by atoms with Crippen LogP contribution in [0.2, 0.25) is 0 Å². The monoisotopic (exact) mass is 181 g/mol. The van der Waals surface area contributed by atoms with Crippen molar-refractivity contribution in [1.82, 2.24) is 0 Å². The molecule has 66 valence electrons. The highest BCUT2D eigenvalue weighted by Gasteiger charge is 2.09. The number of aromatic nitrogens is 1. The van der Waals surface area contributed by atoms with Gasteiger partial charge in [0.05, 0.1) is 5.39 Å². The summed E-state index contributed by atoms with van der Waals surface area (Å²) < 4.78 is 26.2. The third-order valence-electron chi connectivity index (χ3n) is 1.79. The summed E-state index contributed by atoms with van der Waals surface area (Å²) in [5.74, 6) is -1.47. The quantitative estimate of drug-likeness (QED) is 0.449. The molecule has 1 heterocycles. The van der Waals surface area contributed by atoms with Crippen LogP contribution in [0.3, 0.4) is 0 Å². The highest BCUT2D eigenvalue weighted by atomic mass is 19.1. The number of rotatable bonds is 0. The van der Waals surface area contributed by atoms with Crippen LogP contribution in [0.15, 0.2) is 30.5 Å². The fourth-order valence-electron chi connectivity index (χ4n) is 1.22. The van der Waals surface area contributed by atoms with Crippen molar-refractivity contribution in [2.75, 3.05) is 0 Å². The average molecular weight is 181 g/mol. The average Bonchev–Trinajstić information content (AvgIpc) is 2.07. The Kier molecular flexibility index (Phi) is 1.62. The van der Waals surface area contributed by atoms with Crippen molar-refractivity contribution in [2.45, 2.75) is 0 Å². The van der Waals surface area contributed by atoms with E-state index >= 15 is 0 Å². The van der Waals surface area contributed by atoms with Crippen LogP contribution in [-0.2, 0) is 0 Å². The zero-order valence-corrected chi connectivity index (χ0v) is 6.50. The van der Waals surface area contributed by atoms with Gasteiger partial charge in [-0.2, -0.15) is 4.73 Å². The predicted molar refractivity (Wildman–Crippen MR) is 42.8 cm³/mol. The molecule has 2 rings (SSSR count). The van der Waals surface area contributed by atoms with Gasteiger partial charge in [-0.05, 0) is 6.07 Å². The summed E-state index contributed by atoms with van der Waals surface area (Å²) in [6.45, 7) is 0. The van der Waals surface area contributed by atoms with E-state index in [1.807, 2.05) is 0 Å². The number of hydrogen-bond donors (Lipinski definition) is 0. The van der Waals surface area contributed by atoms with Crippen molar-refractivity contribution in [3.8, 4) is 0 Å². The van der Waals surface area contributed by atoms with Crippen LogP contribution in [0.5, 0.6) is 0 Å². The summed E-state index contributed by atoms with van der Waals surface area (Å²) in [7, 11) is 0. The largest absolute Gasteiger partial charge is 0.618 e. The minimum atomic E-state index is -0.749. The lowest BCUT2D eigenvalue weighted by molar-refractivity contribution is -0.577. The SMILES string of the molecule is [O-][n+]1cccc2c(F)cc(F)cc21. The van der Waals surface area contributed by atoms with Gasteiger partial charge < -0.3 is 5.21 Å². The van der Waals surface area contributed by atoms with Crippen LogP contribution in [0.25, 0.3) is 10.9 Å². The molecule has 1 aromatic heterocycles. The van der Waals surface area contributed by atoms with Crippen molar-refractivity contribution >= 4 is 10.9 Å². The maximum atomic E-state index is 13.0. The van der Waals surface area contributed by atoms with Gasteiger partial charge in [-0.1, -0.05) is 0 Å². The zero-order chi connectivity index (χ0) is 9.42. The van der Waals surface area contributed by atoms with Crippen molar-refractivity contribution in [3.63, 3.8) is 0 Å². The van der Waals surface area contributed by atoms with Crippen LogP contribution in [-0.4, -0.2) is 0 Å². The van der Waals surface area contributed by atoms with Crippen LogP contribution in [0, 0.1) is 16.8 Å². The molecule has 0 atom stereocenters. The van der Waals surface area contributed by atoms with Gasteiger partial charge in [0.1, 0.15) is 11.6 Å². The van der Waals surface area contributed by atoms with E-state index in [4.69, 9.17) is 0 Å². The van der Waals surface area contributed by atoms with Gasteiger partial charge >= 0.3 is 0 Å². The maximum Gasteiger partial charge on any atom is 0.229 e. The first-order valence-electron chi connectivity index (χ1n) is 3.65. The molecule has 0 unspecified atom stereocenters. The second-order valence-electron chi connectivity index (χ2n) is 2.65. The van der Waals surface area contributed by atoms with Crippen molar-refractivity contribution in [2.24, 2.45) is 0 Å². The van der Waals surface area contributed by atoms with Crippen LogP contribution < -0.4 is 4.73 Å². The first-order chi connectivity index (χ1) is 6.18. The predicted octanol–water partition coefficient (Wildman–Crippen LogP) is 1.75. The molecule has 0 aliphatic rings. The third-order valence-corrected chi connectivity index (χ3v) is 1.79. The number of pyridine rings is 1. The third kappa shape index (κ3) is 1.20. The Morgan fingerprint density at radius 2 is 2.00 bits per heavy atom. The summed E-state index contributed by atoms with van der Waals surface area (Å²) in [5, 5.41) is 11.2. The van der Waals surface area contributed by atoms with Crippen LogP contribution in [0.4, 0.5) is 8.78 Å². The van der Waals surface area contributed by atoms with Gasteiger partial charge in [0.15, 0.2) is 6.20 Å². The second-order valence-corrected chi connectivity index (χ2v) is 2.65. The Bertz CT molecular complexity index is 470. The minimum Gasteiger partial charge on any atom is -0.618 e. The maximum absolute atomic E-state index is 13.0. The second kappa shape index (κ2) is 2.65. The van der Waals surface area contributed by atoms with Gasteiger partial charge in [0.25, 0.3) is 0 Å². The molecule has 1 aromatic carbocycles. The summed E-state index contributed by atoms with van der Waals surface area (Å²) in [5.41, 5.74) is 0.000000000000000444. The molecular formula is C9H5F2NO. The molecule has 2 aromatic rings. The van der Waals surface area contributed by atoms with E-state index in [9.17, 15) is 14.0 Å². The zero-order valence-electron chi connectivity index (χ0n) is 6.50. The van der Waals surface area contributed by atoms with Gasteiger partial charge in [-0.25, -0.2) is 8.78 Å².